The van der Waals surface area contributed by atoms with Crippen molar-refractivity contribution in [3.63, 3.8) is 0 Å². The second-order valence-corrected chi connectivity index (χ2v) is 24.6. The van der Waals surface area contributed by atoms with Crippen molar-refractivity contribution in [2.75, 3.05) is 0 Å². The SMILES string of the molecule is Cc1cc(-c2[c-]c(Cc3cccc(-n4ccc(C)n4)n3)ccc2)[n-]n1.Cc1cc(-c2[c-]c(Cc3ccnc(-n4nc(C)cc4C)n3)ccc2)[n-]n1.Cc1cc(-c2nccc(Cc3[c-]c(-n4ccc(C)n4)ccc3)n2)[n-]n1.Cc1cc(-c2nccc(Cc3[c-]c(-n4nc(C)cc4C)ccc3)n2)[n-]n1.[Pd+2].[Pd+2].[Pd+2].[Pd+2]. The zero-order chi connectivity index (χ0) is 70.6. The Morgan fingerprint density at radius 1 is 0.321 bits per heavy atom. The van der Waals surface area contributed by atoms with Gasteiger partial charge in [0.15, 0.2) is 5.82 Å². The van der Waals surface area contributed by atoms with E-state index < -0.39 is 0 Å². The predicted octanol–water partition coefficient (Wildman–Crippen LogP) is 12.0. The van der Waals surface area contributed by atoms with E-state index >= 15 is 0 Å². The van der Waals surface area contributed by atoms with Gasteiger partial charge >= 0.3 is 81.7 Å². The first-order valence-electron chi connectivity index (χ1n) is 33.0. The fourth-order valence-corrected chi connectivity index (χ4v) is 11.1. The van der Waals surface area contributed by atoms with Crippen LogP contribution in [0.25, 0.3) is 68.7 Å². The fourth-order valence-electron chi connectivity index (χ4n) is 11.1. The third kappa shape index (κ3) is 21.0. The van der Waals surface area contributed by atoms with Gasteiger partial charge in [-0.15, -0.1) is 71.8 Å². The number of benzene rings is 4. The maximum atomic E-state index is 4.71. The van der Waals surface area contributed by atoms with E-state index in [1.807, 2.05) is 237 Å². The fraction of sp³-hybridized carbons (Fsp3) is 0.177. The molecule has 0 saturated carbocycles. The first-order chi connectivity index (χ1) is 49.5. The molecule has 0 aliphatic carbocycles. The van der Waals surface area contributed by atoms with Gasteiger partial charge in [0.1, 0.15) is 11.6 Å². The minimum absolute atomic E-state index is 0. The summed E-state index contributed by atoms with van der Waals surface area (Å²) in [5, 5.41) is 50.5. The number of hydrogen-bond acceptors (Lipinski definition) is 15. The normalized spacial score (nSPS) is 10.6. The Labute approximate surface area is 669 Å². The third-order valence-corrected chi connectivity index (χ3v) is 15.8. The van der Waals surface area contributed by atoms with E-state index in [1.165, 1.54) is 0 Å². The molecule has 23 nitrogen and oxygen atoms in total. The molecule has 16 aromatic rings. The molecule has 12 aromatic heterocycles. The van der Waals surface area contributed by atoms with Crippen molar-refractivity contribution in [3.05, 3.63) is 315 Å². The Morgan fingerprint density at radius 3 is 1.16 bits per heavy atom. The average Bonchev–Trinajstić information content (AvgIpc) is 1.12. The molecular formula is C79H69N23Pd4. The van der Waals surface area contributed by atoms with Gasteiger partial charge in [-0.1, -0.05) is 41.7 Å². The molecule has 27 heteroatoms. The van der Waals surface area contributed by atoms with E-state index in [2.05, 4.69) is 127 Å². The van der Waals surface area contributed by atoms with Crippen LogP contribution in [0.2, 0.25) is 0 Å². The zero-order valence-electron chi connectivity index (χ0n) is 59.3. The van der Waals surface area contributed by atoms with Gasteiger partial charge in [0.05, 0.1) is 22.8 Å². The van der Waals surface area contributed by atoms with Crippen LogP contribution in [0, 0.1) is 93.5 Å². The molecule has 0 spiro atoms. The maximum Gasteiger partial charge on any atom is 2.00 e. The topological polar surface area (TPSA) is 269 Å². The summed E-state index contributed by atoms with van der Waals surface area (Å²) in [6, 6.07) is 65.3. The van der Waals surface area contributed by atoms with E-state index in [-0.39, 0.29) is 81.7 Å². The van der Waals surface area contributed by atoms with Crippen LogP contribution in [0.3, 0.4) is 0 Å². The van der Waals surface area contributed by atoms with Crippen LogP contribution in [-0.2, 0) is 107 Å². The van der Waals surface area contributed by atoms with E-state index in [4.69, 9.17) is 4.98 Å². The second-order valence-electron chi connectivity index (χ2n) is 24.6. The summed E-state index contributed by atoms with van der Waals surface area (Å²) in [7, 11) is 0. The van der Waals surface area contributed by atoms with Crippen molar-refractivity contribution >= 4 is 0 Å². The summed E-state index contributed by atoms with van der Waals surface area (Å²) in [4.78, 5) is 31.5. The summed E-state index contributed by atoms with van der Waals surface area (Å²) in [6.07, 6.45) is 11.8. The Morgan fingerprint density at radius 2 is 0.717 bits per heavy atom. The maximum absolute atomic E-state index is 4.71. The van der Waals surface area contributed by atoms with Crippen LogP contribution >= 0.6 is 0 Å². The number of pyridine rings is 1. The largest absolute Gasteiger partial charge is 2.00 e. The van der Waals surface area contributed by atoms with Gasteiger partial charge in [0.25, 0.3) is 5.95 Å². The molecule has 0 aliphatic rings. The van der Waals surface area contributed by atoms with Crippen LogP contribution in [0.5, 0.6) is 0 Å². The molecule has 0 saturated heterocycles. The Balaban J connectivity index is 0.000000161. The Bertz CT molecular complexity index is 5020. The van der Waals surface area contributed by atoms with Crippen molar-refractivity contribution in [1.82, 2.24) is 115 Å². The first kappa shape index (κ1) is 79.7. The minimum atomic E-state index is 0. The molecule has 106 heavy (non-hydrogen) atoms. The number of aromatic nitrogens is 23. The smallest absolute Gasteiger partial charge is 0.619 e. The summed E-state index contributed by atoms with van der Waals surface area (Å²) >= 11 is 0. The van der Waals surface area contributed by atoms with Gasteiger partial charge in [-0.05, 0) is 161 Å². The van der Waals surface area contributed by atoms with Crippen molar-refractivity contribution in [2.24, 2.45) is 0 Å². The number of rotatable bonds is 16. The molecule has 0 amide bonds. The molecule has 12 heterocycles. The third-order valence-electron chi connectivity index (χ3n) is 15.8. The van der Waals surface area contributed by atoms with Gasteiger partial charge in [0, 0.05) is 87.9 Å². The van der Waals surface area contributed by atoms with Crippen molar-refractivity contribution in [3.8, 4) is 68.7 Å². The van der Waals surface area contributed by atoms with Gasteiger partial charge in [-0.25, -0.2) is 55.6 Å². The summed E-state index contributed by atoms with van der Waals surface area (Å²) < 4.78 is 7.29. The molecule has 0 radical (unpaired) electrons. The number of hydrogen-bond donors (Lipinski definition) is 0. The molecule has 0 aliphatic heterocycles. The monoisotopic (exact) mass is 1760 g/mol. The van der Waals surface area contributed by atoms with E-state index in [0.717, 1.165) is 142 Å². The number of nitrogens with zero attached hydrogens (tertiary/aromatic N) is 23. The molecular weight excluding hydrogens is 1700 g/mol. The van der Waals surface area contributed by atoms with Crippen LogP contribution in [0.4, 0.5) is 0 Å². The molecule has 0 fully saturated rings. The quantitative estimate of drug-likeness (QED) is 0.0642. The van der Waals surface area contributed by atoms with Gasteiger partial charge in [0.2, 0.25) is 0 Å². The number of aryl methyl sites for hydroxylation is 10. The second kappa shape index (κ2) is 37.0. The Kier molecular flexibility index (Phi) is 27.8. The predicted molar refractivity (Wildman–Crippen MR) is 385 cm³/mol. The molecule has 16 rings (SSSR count). The summed E-state index contributed by atoms with van der Waals surface area (Å²) in [5.74, 6) is 2.59. The van der Waals surface area contributed by atoms with Crippen molar-refractivity contribution < 1.29 is 81.7 Å². The minimum Gasteiger partial charge on any atom is -0.619 e. The van der Waals surface area contributed by atoms with Gasteiger partial charge in [-0.2, -0.15) is 79.0 Å². The van der Waals surface area contributed by atoms with Crippen LogP contribution in [0.1, 0.15) is 102 Å². The van der Waals surface area contributed by atoms with E-state index in [9.17, 15) is 0 Å². The standard InChI is InChI=1S/2C20H18N6.C20H17N5.C19H16N6.4Pd/c1-13-10-19(24-23-13)20-21-8-7-17(22-20)11-16-5-4-6-18(12-16)26-15(3)9-14(2)25-26;1-13-10-19(24-23-13)17-6-4-5-16(11-17)12-18-7-8-21-20(22-18)26-15(3)9-14(2)25-26;1-14-9-10-25(24-14)20-8-4-7-18(21-20)13-16-5-3-6-17(12-16)19-11-15(2)22-23-19;1-13-7-9-25(24-13)17-5-3-4-15(12-17)11-16-6-8-20-19(21-16)18-10-14(2)22-23-18;;;;/h4-10H,11H2,1-3H3;4-10H,12H2,1-3H3;3-11H,13H2,1-2H3;3-10H,11H2,1-2H3;;;;/q4*-2;4*+2. The Hall–Kier alpha value is -10.4. The molecule has 540 valence electrons. The molecule has 4 aromatic carbocycles. The van der Waals surface area contributed by atoms with E-state index in [1.54, 1.807) is 28.0 Å². The molecule has 0 N–H and O–H groups in total. The zero-order valence-corrected chi connectivity index (χ0v) is 65.5. The molecule has 0 atom stereocenters. The van der Waals surface area contributed by atoms with Crippen LogP contribution in [0.15, 0.2) is 189 Å². The summed E-state index contributed by atoms with van der Waals surface area (Å²) in [5.41, 5.74) is 24.3. The summed E-state index contributed by atoms with van der Waals surface area (Å²) in [6.45, 7) is 19.6. The van der Waals surface area contributed by atoms with Crippen LogP contribution < -0.4 is 20.4 Å². The van der Waals surface area contributed by atoms with Crippen molar-refractivity contribution in [1.29, 1.82) is 0 Å². The van der Waals surface area contributed by atoms with E-state index in [0.29, 0.717) is 54.7 Å². The van der Waals surface area contributed by atoms with Gasteiger partial charge in [-0.3, -0.25) is 9.36 Å². The van der Waals surface area contributed by atoms with Crippen LogP contribution in [-0.4, -0.2) is 94.4 Å². The molecule has 0 bridgehead atoms. The average molecular weight is 1770 g/mol. The van der Waals surface area contributed by atoms with Gasteiger partial charge < -0.3 is 40.8 Å². The van der Waals surface area contributed by atoms with Crippen molar-refractivity contribution in [2.45, 2.75) is 94.9 Å². The molecule has 0 unspecified atom stereocenters. The first-order valence-corrected chi connectivity index (χ1v) is 33.0.